The van der Waals surface area contributed by atoms with Crippen molar-refractivity contribution in [3.8, 4) is 0 Å². The van der Waals surface area contributed by atoms with Crippen LogP contribution in [0.15, 0.2) is 35.5 Å². The number of rotatable bonds is 0. The molecule has 18 heavy (non-hydrogen) atoms. The van der Waals surface area contributed by atoms with E-state index < -0.39 is 0 Å². The standard InChI is InChI=1S/C17H22O/c1-16(2)14-9-8-12-6-4-5-7-13(12)17(14,3)11-10-15(16)18/h8-11,13H,4-7H2,1-3H3/t13-,17+/m0/s1. The summed E-state index contributed by atoms with van der Waals surface area (Å²) in [6.45, 7) is 6.47. The molecule has 0 aromatic carbocycles. The van der Waals surface area contributed by atoms with E-state index in [0.29, 0.717) is 5.92 Å². The lowest BCUT2D eigenvalue weighted by Crippen LogP contribution is -2.44. The number of ketones is 1. The van der Waals surface area contributed by atoms with Gasteiger partial charge in [0.15, 0.2) is 5.78 Å². The molecular formula is C17H22O. The van der Waals surface area contributed by atoms with Crippen molar-refractivity contribution in [3.05, 3.63) is 35.5 Å². The average Bonchev–Trinajstić information content (AvgIpc) is 2.35. The van der Waals surface area contributed by atoms with E-state index in [4.69, 9.17) is 0 Å². The van der Waals surface area contributed by atoms with Crippen molar-refractivity contribution < 1.29 is 4.79 Å². The lowest BCUT2D eigenvalue weighted by molar-refractivity contribution is -0.121. The Morgan fingerprint density at radius 2 is 1.94 bits per heavy atom. The Morgan fingerprint density at radius 3 is 2.72 bits per heavy atom. The molecule has 3 aliphatic carbocycles. The van der Waals surface area contributed by atoms with Gasteiger partial charge in [0.25, 0.3) is 0 Å². The molecule has 3 aliphatic rings. The van der Waals surface area contributed by atoms with E-state index in [1.165, 1.54) is 31.3 Å². The van der Waals surface area contributed by atoms with Gasteiger partial charge in [-0.2, -0.15) is 0 Å². The minimum Gasteiger partial charge on any atom is -0.294 e. The molecule has 0 aliphatic heterocycles. The van der Waals surface area contributed by atoms with Gasteiger partial charge in [0.1, 0.15) is 0 Å². The summed E-state index contributed by atoms with van der Waals surface area (Å²) in [5.74, 6) is 0.869. The topological polar surface area (TPSA) is 17.1 Å². The van der Waals surface area contributed by atoms with Crippen LogP contribution in [0.1, 0.15) is 46.5 Å². The van der Waals surface area contributed by atoms with Crippen molar-refractivity contribution in [2.24, 2.45) is 16.7 Å². The number of carbonyl (C=O) groups is 1. The monoisotopic (exact) mass is 242 g/mol. The summed E-state index contributed by atoms with van der Waals surface area (Å²) in [6, 6.07) is 0. The maximum absolute atomic E-state index is 12.1. The molecule has 0 unspecified atom stereocenters. The molecule has 0 aromatic heterocycles. The molecule has 0 N–H and O–H groups in total. The molecule has 1 nitrogen and oxygen atoms in total. The fraction of sp³-hybridized carbons (Fsp3) is 0.588. The van der Waals surface area contributed by atoms with Crippen molar-refractivity contribution in [1.29, 1.82) is 0 Å². The first-order valence-electron chi connectivity index (χ1n) is 7.11. The third kappa shape index (κ3) is 1.43. The second-order valence-corrected chi connectivity index (χ2v) is 6.73. The Labute approximate surface area is 110 Å². The SMILES string of the molecule is CC1(C)C(=O)C=C[C@@]2(C)C1=CC=C1CCCC[C@@H]12. The van der Waals surface area contributed by atoms with Crippen molar-refractivity contribution in [1.82, 2.24) is 0 Å². The van der Waals surface area contributed by atoms with Crippen LogP contribution in [0.25, 0.3) is 0 Å². The van der Waals surface area contributed by atoms with Gasteiger partial charge in [0.2, 0.25) is 0 Å². The van der Waals surface area contributed by atoms with Crippen LogP contribution in [-0.4, -0.2) is 5.78 Å². The minimum absolute atomic E-state index is 0.0713. The Hall–Kier alpha value is -1.11. The summed E-state index contributed by atoms with van der Waals surface area (Å²) in [5, 5.41) is 0. The first-order chi connectivity index (χ1) is 8.46. The van der Waals surface area contributed by atoms with Gasteiger partial charge in [-0.25, -0.2) is 0 Å². The van der Waals surface area contributed by atoms with Crippen LogP contribution in [0.2, 0.25) is 0 Å². The zero-order chi connectivity index (χ0) is 13.0. The summed E-state index contributed by atoms with van der Waals surface area (Å²) < 4.78 is 0. The van der Waals surface area contributed by atoms with Crippen LogP contribution >= 0.6 is 0 Å². The first kappa shape index (κ1) is 12.0. The molecule has 0 spiro atoms. The van der Waals surface area contributed by atoms with Gasteiger partial charge in [-0.3, -0.25) is 4.79 Å². The molecule has 96 valence electrons. The van der Waals surface area contributed by atoms with E-state index in [1.54, 1.807) is 5.57 Å². The van der Waals surface area contributed by atoms with Gasteiger partial charge >= 0.3 is 0 Å². The highest BCUT2D eigenvalue weighted by molar-refractivity contribution is 5.98. The van der Waals surface area contributed by atoms with Crippen molar-refractivity contribution in [2.75, 3.05) is 0 Å². The first-order valence-corrected chi connectivity index (χ1v) is 7.11. The second kappa shape index (κ2) is 3.69. The van der Waals surface area contributed by atoms with Gasteiger partial charge in [0, 0.05) is 10.8 Å². The van der Waals surface area contributed by atoms with E-state index in [-0.39, 0.29) is 16.6 Å². The van der Waals surface area contributed by atoms with Crippen molar-refractivity contribution in [3.63, 3.8) is 0 Å². The number of allylic oxidation sites excluding steroid dienone is 6. The molecule has 0 bridgehead atoms. The Kier molecular flexibility index (Phi) is 2.45. The molecular weight excluding hydrogens is 220 g/mol. The van der Waals surface area contributed by atoms with Crippen LogP contribution in [0.4, 0.5) is 0 Å². The molecule has 2 atom stereocenters. The highest BCUT2D eigenvalue weighted by atomic mass is 16.1. The molecule has 1 saturated carbocycles. The average molecular weight is 242 g/mol. The summed E-state index contributed by atoms with van der Waals surface area (Å²) in [7, 11) is 0. The number of hydrogen-bond donors (Lipinski definition) is 0. The van der Waals surface area contributed by atoms with Crippen LogP contribution in [0, 0.1) is 16.7 Å². The van der Waals surface area contributed by atoms with Crippen LogP contribution in [0.5, 0.6) is 0 Å². The molecule has 1 heteroatoms. The molecule has 0 radical (unpaired) electrons. The highest BCUT2D eigenvalue weighted by Crippen LogP contribution is 2.56. The smallest absolute Gasteiger partial charge is 0.165 e. The van der Waals surface area contributed by atoms with Crippen molar-refractivity contribution >= 4 is 5.78 Å². The van der Waals surface area contributed by atoms with Gasteiger partial charge in [-0.15, -0.1) is 0 Å². The molecule has 0 heterocycles. The van der Waals surface area contributed by atoms with E-state index >= 15 is 0 Å². The number of fused-ring (bicyclic) bond motifs is 3. The number of hydrogen-bond acceptors (Lipinski definition) is 1. The van der Waals surface area contributed by atoms with E-state index in [9.17, 15) is 4.79 Å². The van der Waals surface area contributed by atoms with Crippen LogP contribution in [0.3, 0.4) is 0 Å². The quantitative estimate of drug-likeness (QED) is 0.621. The molecule has 0 amide bonds. The minimum atomic E-state index is -0.330. The summed E-state index contributed by atoms with van der Waals surface area (Å²) in [5.41, 5.74) is 2.66. The lowest BCUT2D eigenvalue weighted by Gasteiger charge is -2.50. The summed E-state index contributed by atoms with van der Waals surface area (Å²) >= 11 is 0. The number of carbonyl (C=O) groups excluding carboxylic acids is 1. The van der Waals surface area contributed by atoms with E-state index in [0.717, 1.165) is 0 Å². The van der Waals surface area contributed by atoms with E-state index in [1.807, 2.05) is 6.08 Å². The summed E-state index contributed by atoms with van der Waals surface area (Å²) in [6.07, 6.45) is 13.7. The Balaban J connectivity index is 2.15. The van der Waals surface area contributed by atoms with Gasteiger partial charge < -0.3 is 0 Å². The Bertz CT molecular complexity index is 490. The van der Waals surface area contributed by atoms with Crippen LogP contribution < -0.4 is 0 Å². The molecule has 1 fully saturated rings. The highest BCUT2D eigenvalue weighted by Gasteiger charge is 2.49. The fourth-order valence-electron chi connectivity index (χ4n) is 4.16. The predicted molar refractivity (Wildman–Crippen MR) is 74.2 cm³/mol. The molecule has 0 saturated heterocycles. The third-order valence-corrected chi connectivity index (χ3v) is 5.29. The van der Waals surface area contributed by atoms with E-state index in [2.05, 4.69) is 39.0 Å². The summed E-state index contributed by atoms with van der Waals surface area (Å²) in [4.78, 5) is 12.1. The maximum Gasteiger partial charge on any atom is 0.165 e. The Morgan fingerprint density at radius 1 is 1.17 bits per heavy atom. The van der Waals surface area contributed by atoms with Gasteiger partial charge in [-0.1, -0.05) is 37.1 Å². The largest absolute Gasteiger partial charge is 0.294 e. The third-order valence-electron chi connectivity index (χ3n) is 5.29. The maximum atomic E-state index is 12.1. The zero-order valence-corrected chi connectivity index (χ0v) is 11.6. The lowest BCUT2D eigenvalue weighted by atomic mass is 9.53. The van der Waals surface area contributed by atoms with Crippen molar-refractivity contribution in [2.45, 2.75) is 46.5 Å². The van der Waals surface area contributed by atoms with Gasteiger partial charge in [0.05, 0.1) is 0 Å². The predicted octanol–water partition coefficient (Wildman–Crippen LogP) is 4.21. The molecule has 0 aromatic rings. The van der Waals surface area contributed by atoms with Gasteiger partial charge in [-0.05, 0) is 50.7 Å². The normalized spacial score (nSPS) is 37.5. The second-order valence-electron chi connectivity index (χ2n) is 6.73. The fourth-order valence-corrected chi connectivity index (χ4v) is 4.16. The molecule has 3 rings (SSSR count). The van der Waals surface area contributed by atoms with Crippen LogP contribution in [-0.2, 0) is 4.79 Å². The zero-order valence-electron chi connectivity index (χ0n) is 11.6.